The molecule has 6 heteroatoms. The second-order valence-corrected chi connectivity index (χ2v) is 6.04. The summed E-state index contributed by atoms with van der Waals surface area (Å²) >= 11 is 0. The van der Waals surface area contributed by atoms with Crippen LogP contribution in [0.25, 0.3) is 0 Å². The smallest absolute Gasteiger partial charge is 0.251 e. The molecule has 0 fully saturated rings. The normalized spacial score (nSPS) is 16.0. The highest BCUT2D eigenvalue weighted by Crippen LogP contribution is 2.22. The zero-order chi connectivity index (χ0) is 17.8. The summed E-state index contributed by atoms with van der Waals surface area (Å²) < 4.78 is 13.7. The summed E-state index contributed by atoms with van der Waals surface area (Å²) in [5, 5.41) is 8.65. The van der Waals surface area contributed by atoms with Gasteiger partial charge in [0.1, 0.15) is 5.82 Å². The maximum Gasteiger partial charge on any atom is 0.251 e. The van der Waals surface area contributed by atoms with Crippen molar-refractivity contribution in [3.05, 3.63) is 65.0 Å². The molecule has 25 heavy (non-hydrogen) atoms. The van der Waals surface area contributed by atoms with E-state index in [9.17, 15) is 14.0 Å². The van der Waals surface area contributed by atoms with E-state index in [2.05, 4.69) is 28.1 Å². The first kappa shape index (κ1) is 17.1. The van der Waals surface area contributed by atoms with Crippen LogP contribution in [0.5, 0.6) is 0 Å². The third-order valence-corrected chi connectivity index (χ3v) is 4.22. The van der Waals surface area contributed by atoms with E-state index in [1.807, 2.05) is 12.1 Å². The molecule has 2 aromatic carbocycles. The number of nitrogens with one attached hydrogen (secondary N) is 3. The van der Waals surface area contributed by atoms with Gasteiger partial charge in [0.2, 0.25) is 5.91 Å². The largest absolute Gasteiger partial charge is 0.350 e. The van der Waals surface area contributed by atoms with E-state index in [0.29, 0.717) is 12.1 Å². The first-order valence-electron chi connectivity index (χ1n) is 8.21. The standard InChI is InChI=1S/C19H20FN3O2/c1-12(24)23-17-10-14(6-7-16(17)20)19(25)22-11-18-15-5-3-2-4-13(15)8-9-21-18/h2-7,10,18,21H,8-9,11H2,1H3,(H,22,25)(H,23,24). The number of benzene rings is 2. The van der Waals surface area contributed by atoms with E-state index in [1.165, 1.54) is 36.2 Å². The lowest BCUT2D eigenvalue weighted by atomic mass is 9.94. The molecule has 0 radical (unpaired) electrons. The number of halogens is 1. The van der Waals surface area contributed by atoms with E-state index < -0.39 is 5.82 Å². The summed E-state index contributed by atoms with van der Waals surface area (Å²) in [5.41, 5.74) is 2.78. The van der Waals surface area contributed by atoms with Gasteiger partial charge in [-0.15, -0.1) is 0 Å². The third-order valence-electron chi connectivity index (χ3n) is 4.22. The molecule has 130 valence electrons. The third kappa shape index (κ3) is 4.03. The van der Waals surface area contributed by atoms with Crippen LogP contribution in [0.3, 0.4) is 0 Å². The predicted octanol–water partition coefficient (Wildman–Crippen LogP) is 2.40. The molecule has 1 aliphatic rings. The average molecular weight is 341 g/mol. The van der Waals surface area contributed by atoms with Crippen LogP contribution in [0.4, 0.5) is 10.1 Å². The number of carbonyl (C=O) groups is 2. The molecule has 2 aromatic rings. The zero-order valence-electron chi connectivity index (χ0n) is 13.9. The molecule has 1 unspecified atom stereocenters. The summed E-state index contributed by atoms with van der Waals surface area (Å²) in [6.45, 7) is 2.59. The molecule has 1 atom stereocenters. The topological polar surface area (TPSA) is 70.2 Å². The van der Waals surface area contributed by atoms with Gasteiger partial charge in [-0.1, -0.05) is 24.3 Å². The number of fused-ring (bicyclic) bond motifs is 1. The van der Waals surface area contributed by atoms with Gasteiger partial charge in [0.25, 0.3) is 5.91 Å². The quantitative estimate of drug-likeness (QED) is 0.800. The maximum atomic E-state index is 13.7. The molecule has 0 saturated carbocycles. The number of hydrogen-bond donors (Lipinski definition) is 3. The van der Waals surface area contributed by atoms with E-state index in [0.717, 1.165) is 13.0 Å². The van der Waals surface area contributed by atoms with Crippen molar-refractivity contribution in [1.29, 1.82) is 0 Å². The fourth-order valence-electron chi connectivity index (χ4n) is 3.02. The second kappa shape index (κ2) is 7.44. The Balaban J connectivity index is 1.68. The first-order valence-corrected chi connectivity index (χ1v) is 8.21. The molecule has 1 heterocycles. The lowest BCUT2D eigenvalue weighted by molar-refractivity contribution is -0.114. The second-order valence-electron chi connectivity index (χ2n) is 6.04. The van der Waals surface area contributed by atoms with Crippen LogP contribution in [-0.4, -0.2) is 24.9 Å². The Morgan fingerprint density at radius 1 is 1.24 bits per heavy atom. The number of carbonyl (C=O) groups excluding carboxylic acids is 2. The van der Waals surface area contributed by atoms with Crippen molar-refractivity contribution in [2.75, 3.05) is 18.4 Å². The molecule has 3 rings (SSSR count). The van der Waals surface area contributed by atoms with Crippen molar-refractivity contribution in [2.45, 2.75) is 19.4 Å². The Bertz CT molecular complexity index is 807. The molecular weight excluding hydrogens is 321 g/mol. The van der Waals surface area contributed by atoms with Crippen LogP contribution in [-0.2, 0) is 11.2 Å². The number of amides is 2. The fourth-order valence-corrected chi connectivity index (χ4v) is 3.02. The Kier molecular flexibility index (Phi) is 5.09. The van der Waals surface area contributed by atoms with Crippen LogP contribution < -0.4 is 16.0 Å². The summed E-state index contributed by atoms with van der Waals surface area (Å²) in [6.07, 6.45) is 0.971. The van der Waals surface area contributed by atoms with Gasteiger partial charge in [-0.25, -0.2) is 4.39 Å². The first-order chi connectivity index (χ1) is 12.0. The Hall–Kier alpha value is -2.73. The molecule has 0 bridgehead atoms. The molecule has 0 saturated heterocycles. The minimum absolute atomic E-state index is 0.00119. The van der Waals surface area contributed by atoms with Gasteiger partial charge in [-0.2, -0.15) is 0 Å². The summed E-state index contributed by atoms with van der Waals surface area (Å²) in [7, 11) is 0. The molecule has 0 spiro atoms. The molecule has 1 aliphatic heterocycles. The Labute approximate surface area is 145 Å². The van der Waals surface area contributed by atoms with Crippen molar-refractivity contribution in [3.63, 3.8) is 0 Å². The SMILES string of the molecule is CC(=O)Nc1cc(C(=O)NCC2NCCc3ccccc32)ccc1F. The highest BCUT2D eigenvalue weighted by atomic mass is 19.1. The van der Waals surface area contributed by atoms with E-state index in [4.69, 9.17) is 0 Å². The molecular formula is C19H20FN3O2. The van der Waals surface area contributed by atoms with Crippen LogP contribution in [0, 0.1) is 5.82 Å². The van der Waals surface area contributed by atoms with Gasteiger partial charge in [0.15, 0.2) is 0 Å². The monoisotopic (exact) mass is 341 g/mol. The number of rotatable bonds is 4. The maximum absolute atomic E-state index is 13.7. The molecule has 3 N–H and O–H groups in total. The zero-order valence-corrected chi connectivity index (χ0v) is 13.9. The van der Waals surface area contributed by atoms with E-state index in [-0.39, 0.29) is 23.5 Å². The van der Waals surface area contributed by atoms with Crippen molar-refractivity contribution < 1.29 is 14.0 Å². The summed E-state index contributed by atoms with van der Waals surface area (Å²) in [4.78, 5) is 23.5. The van der Waals surface area contributed by atoms with E-state index in [1.54, 1.807) is 0 Å². The molecule has 0 aromatic heterocycles. The predicted molar refractivity (Wildman–Crippen MR) is 93.9 cm³/mol. The summed E-state index contributed by atoms with van der Waals surface area (Å²) in [5.74, 6) is -1.27. The van der Waals surface area contributed by atoms with Gasteiger partial charge in [0.05, 0.1) is 5.69 Å². The van der Waals surface area contributed by atoms with Crippen molar-refractivity contribution >= 4 is 17.5 Å². The Morgan fingerprint density at radius 2 is 2.04 bits per heavy atom. The van der Waals surface area contributed by atoms with Crippen LogP contribution in [0.15, 0.2) is 42.5 Å². The lowest BCUT2D eigenvalue weighted by Crippen LogP contribution is -2.38. The summed E-state index contributed by atoms with van der Waals surface area (Å²) in [6, 6.07) is 12.1. The van der Waals surface area contributed by atoms with Crippen molar-refractivity contribution in [3.8, 4) is 0 Å². The van der Waals surface area contributed by atoms with Crippen molar-refractivity contribution in [1.82, 2.24) is 10.6 Å². The van der Waals surface area contributed by atoms with Gasteiger partial charge in [0, 0.05) is 25.1 Å². The van der Waals surface area contributed by atoms with Gasteiger partial charge in [-0.3, -0.25) is 9.59 Å². The fraction of sp³-hybridized carbons (Fsp3) is 0.263. The van der Waals surface area contributed by atoms with Gasteiger partial charge >= 0.3 is 0 Å². The van der Waals surface area contributed by atoms with Gasteiger partial charge in [-0.05, 0) is 42.3 Å². The number of hydrogen-bond acceptors (Lipinski definition) is 3. The molecule has 0 aliphatic carbocycles. The average Bonchev–Trinajstić information content (AvgIpc) is 2.61. The van der Waals surface area contributed by atoms with Crippen LogP contribution >= 0.6 is 0 Å². The highest BCUT2D eigenvalue weighted by molar-refractivity contribution is 5.96. The van der Waals surface area contributed by atoms with Crippen molar-refractivity contribution in [2.24, 2.45) is 0 Å². The number of anilines is 1. The van der Waals surface area contributed by atoms with Crippen LogP contribution in [0.1, 0.15) is 34.5 Å². The Morgan fingerprint density at radius 3 is 2.84 bits per heavy atom. The highest BCUT2D eigenvalue weighted by Gasteiger charge is 2.20. The minimum Gasteiger partial charge on any atom is -0.350 e. The van der Waals surface area contributed by atoms with E-state index >= 15 is 0 Å². The van der Waals surface area contributed by atoms with Crippen LogP contribution in [0.2, 0.25) is 0 Å². The lowest BCUT2D eigenvalue weighted by Gasteiger charge is -2.27. The molecule has 5 nitrogen and oxygen atoms in total. The molecule has 2 amide bonds. The minimum atomic E-state index is -0.574. The van der Waals surface area contributed by atoms with Gasteiger partial charge < -0.3 is 16.0 Å².